The maximum Gasteiger partial charge on any atom is 0.282 e. The Morgan fingerprint density at radius 3 is 2.67 bits per heavy atom. The molecule has 2 aliphatic heterocycles. The molecule has 0 radical (unpaired) electrons. The fourth-order valence-corrected chi connectivity index (χ4v) is 5.27. The molecule has 1 N–H and O–H groups in total. The van der Waals surface area contributed by atoms with E-state index in [1.165, 1.54) is 12.8 Å². The zero-order valence-corrected chi connectivity index (χ0v) is 13.6. The first kappa shape index (κ1) is 15.7. The molecule has 2 saturated heterocycles. The van der Waals surface area contributed by atoms with Crippen molar-refractivity contribution in [1.82, 2.24) is 13.9 Å². The Balaban J connectivity index is 1.70. The van der Waals surface area contributed by atoms with E-state index in [9.17, 15) is 8.42 Å². The molecule has 3 fully saturated rings. The van der Waals surface area contributed by atoms with E-state index in [-0.39, 0.29) is 12.1 Å². The Morgan fingerprint density at radius 2 is 1.95 bits per heavy atom. The topological polar surface area (TPSA) is 61.9 Å². The molecule has 2 atom stereocenters. The van der Waals surface area contributed by atoms with Crippen LogP contribution in [0.4, 0.5) is 0 Å². The molecule has 1 aliphatic carbocycles. The minimum absolute atomic E-state index is 0.0669. The third-order valence-corrected chi connectivity index (χ3v) is 6.90. The van der Waals surface area contributed by atoms with E-state index in [0.29, 0.717) is 32.3 Å². The van der Waals surface area contributed by atoms with Crippen LogP contribution in [-0.4, -0.2) is 68.0 Å². The molecule has 0 spiro atoms. The monoisotopic (exact) mass is 317 g/mol. The first-order chi connectivity index (χ1) is 10.1. The third kappa shape index (κ3) is 3.59. The van der Waals surface area contributed by atoms with Gasteiger partial charge >= 0.3 is 0 Å². The smallest absolute Gasteiger partial charge is 0.282 e. The molecule has 7 heteroatoms. The van der Waals surface area contributed by atoms with E-state index in [2.05, 4.69) is 5.32 Å². The van der Waals surface area contributed by atoms with Crippen molar-refractivity contribution in [3.05, 3.63) is 0 Å². The van der Waals surface area contributed by atoms with Gasteiger partial charge in [0, 0.05) is 37.8 Å². The molecule has 0 bridgehead atoms. The maximum atomic E-state index is 13.0. The molecule has 122 valence electrons. The Bertz CT molecular complexity index is 452. The maximum absolute atomic E-state index is 13.0. The lowest BCUT2D eigenvalue weighted by Crippen LogP contribution is -2.57. The van der Waals surface area contributed by atoms with Crippen LogP contribution in [0.25, 0.3) is 0 Å². The highest BCUT2D eigenvalue weighted by Crippen LogP contribution is 2.26. The van der Waals surface area contributed by atoms with Crippen LogP contribution in [0.15, 0.2) is 0 Å². The second kappa shape index (κ2) is 6.50. The van der Waals surface area contributed by atoms with Crippen LogP contribution in [0.3, 0.4) is 0 Å². The highest BCUT2D eigenvalue weighted by atomic mass is 32.2. The summed E-state index contributed by atoms with van der Waals surface area (Å²) in [5, 5.41) is 3.49. The molecule has 3 rings (SSSR count). The van der Waals surface area contributed by atoms with Crippen LogP contribution in [0.1, 0.15) is 39.0 Å². The SMILES string of the molecule is CC1COCCN1S(=O)(=O)N1CCCCC1CNC1CC1. The minimum atomic E-state index is -3.36. The molecule has 0 aromatic carbocycles. The molecule has 0 amide bonds. The summed E-state index contributed by atoms with van der Waals surface area (Å²) < 4.78 is 34.7. The highest BCUT2D eigenvalue weighted by molar-refractivity contribution is 7.86. The van der Waals surface area contributed by atoms with Gasteiger partial charge in [-0.05, 0) is 32.6 Å². The molecule has 2 unspecified atom stereocenters. The zero-order valence-electron chi connectivity index (χ0n) is 12.8. The zero-order chi connectivity index (χ0) is 14.9. The van der Waals surface area contributed by atoms with Crippen molar-refractivity contribution in [1.29, 1.82) is 0 Å². The van der Waals surface area contributed by atoms with Gasteiger partial charge in [-0.3, -0.25) is 0 Å². The number of morpholine rings is 1. The van der Waals surface area contributed by atoms with Crippen molar-refractivity contribution in [2.24, 2.45) is 0 Å². The van der Waals surface area contributed by atoms with E-state index >= 15 is 0 Å². The lowest BCUT2D eigenvalue weighted by atomic mass is 10.1. The lowest BCUT2D eigenvalue weighted by molar-refractivity contribution is 0.0347. The molecular weight excluding hydrogens is 290 g/mol. The van der Waals surface area contributed by atoms with E-state index in [0.717, 1.165) is 25.8 Å². The second-order valence-corrected chi connectivity index (χ2v) is 8.32. The Kier molecular flexibility index (Phi) is 4.85. The van der Waals surface area contributed by atoms with E-state index < -0.39 is 10.2 Å². The Morgan fingerprint density at radius 1 is 1.14 bits per heavy atom. The Labute approximate surface area is 128 Å². The third-order valence-electron chi connectivity index (χ3n) is 4.69. The molecule has 0 aromatic heterocycles. The summed E-state index contributed by atoms with van der Waals surface area (Å²) in [6, 6.07) is 0.668. The second-order valence-electron chi connectivity index (χ2n) is 6.49. The summed E-state index contributed by atoms with van der Waals surface area (Å²) >= 11 is 0. The van der Waals surface area contributed by atoms with Gasteiger partial charge in [-0.25, -0.2) is 0 Å². The van der Waals surface area contributed by atoms with Crippen LogP contribution in [-0.2, 0) is 14.9 Å². The number of rotatable bonds is 5. The van der Waals surface area contributed by atoms with Crippen LogP contribution >= 0.6 is 0 Å². The largest absolute Gasteiger partial charge is 0.378 e. The van der Waals surface area contributed by atoms with Crippen molar-refractivity contribution in [3.8, 4) is 0 Å². The number of ether oxygens (including phenoxy) is 1. The van der Waals surface area contributed by atoms with Crippen molar-refractivity contribution >= 4 is 10.2 Å². The predicted octanol–water partition coefficient (Wildman–Crippen LogP) is 0.558. The van der Waals surface area contributed by atoms with Gasteiger partial charge in [0.2, 0.25) is 0 Å². The molecule has 2 heterocycles. The number of nitrogens with zero attached hydrogens (tertiary/aromatic N) is 2. The Hall–Kier alpha value is -0.210. The van der Waals surface area contributed by atoms with Gasteiger partial charge in [-0.2, -0.15) is 17.0 Å². The summed E-state index contributed by atoms with van der Waals surface area (Å²) in [5.74, 6) is 0. The average molecular weight is 317 g/mol. The molecule has 0 aromatic rings. The van der Waals surface area contributed by atoms with Gasteiger partial charge in [0.25, 0.3) is 10.2 Å². The molecule has 3 aliphatic rings. The standard InChI is InChI=1S/C14H27N3O3S/c1-12-11-20-9-8-16(12)21(18,19)17-7-3-2-4-14(17)10-15-13-5-6-13/h12-15H,2-11H2,1H3. The summed E-state index contributed by atoms with van der Waals surface area (Å²) in [7, 11) is -3.36. The summed E-state index contributed by atoms with van der Waals surface area (Å²) in [6.45, 7) is 4.85. The quantitative estimate of drug-likeness (QED) is 0.805. The normalized spacial score (nSPS) is 33.2. The fraction of sp³-hybridized carbons (Fsp3) is 1.00. The van der Waals surface area contributed by atoms with Gasteiger partial charge in [-0.1, -0.05) is 6.42 Å². The van der Waals surface area contributed by atoms with Gasteiger partial charge in [0.05, 0.1) is 13.2 Å². The molecule has 6 nitrogen and oxygen atoms in total. The number of hydrogen-bond acceptors (Lipinski definition) is 4. The number of nitrogens with one attached hydrogen (secondary N) is 1. The number of piperidine rings is 1. The van der Waals surface area contributed by atoms with E-state index in [4.69, 9.17) is 4.74 Å². The predicted molar refractivity (Wildman–Crippen MR) is 81.3 cm³/mol. The first-order valence-corrected chi connectivity index (χ1v) is 9.58. The van der Waals surface area contributed by atoms with Crippen LogP contribution in [0.5, 0.6) is 0 Å². The first-order valence-electron chi connectivity index (χ1n) is 8.19. The van der Waals surface area contributed by atoms with Gasteiger partial charge in [0.1, 0.15) is 0 Å². The summed E-state index contributed by atoms with van der Waals surface area (Å²) in [5.41, 5.74) is 0. The average Bonchev–Trinajstić information content (AvgIpc) is 3.30. The van der Waals surface area contributed by atoms with Crippen molar-refractivity contribution in [2.45, 2.75) is 57.2 Å². The van der Waals surface area contributed by atoms with Gasteiger partial charge < -0.3 is 10.1 Å². The van der Waals surface area contributed by atoms with Crippen LogP contribution < -0.4 is 5.32 Å². The molecule has 21 heavy (non-hydrogen) atoms. The van der Waals surface area contributed by atoms with Crippen molar-refractivity contribution < 1.29 is 13.2 Å². The highest BCUT2D eigenvalue weighted by Gasteiger charge is 2.39. The van der Waals surface area contributed by atoms with Crippen LogP contribution in [0.2, 0.25) is 0 Å². The lowest BCUT2D eigenvalue weighted by Gasteiger charge is -2.41. The number of hydrogen-bond donors (Lipinski definition) is 1. The van der Waals surface area contributed by atoms with E-state index in [1.54, 1.807) is 8.61 Å². The van der Waals surface area contributed by atoms with Gasteiger partial charge in [0.15, 0.2) is 0 Å². The molecular formula is C14H27N3O3S. The summed E-state index contributed by atoms with van der Waals surface area (Å²) in [4.78, 5) is 0. The van der Waals surface area contributed by atoms with E-state index in [1.807, 2.05) is 6.92 Å². The molecule has 1 saturated carbocycles. The van der Waals surface area contributed by atoms with Crippen LogP contribution in [0, 0.1) is 0 Å². The minimum Gasteiger partial charge on any atom is -0.378 e. The van der Waals surface area contributed by atoms with Gasteiger partial charge in [-0.15, -0.1) is 0 Å². The fourth-order valence-electron chi connectivity index (χ4n) is 3.26. The van der Waals surface area contributed by atoms with Crippen molar-refractivity contribution in [2.75, 3.05) is 32.8 Å². The van der Waals surface area contributed by atoms with Crippen molar-refractivity contribution in [3.63, 3.8) is 0 Å². The summed E-state index contributed by atoms with van der Waals surface area (Å²) in [6.07, 6.45) is 5.54.